The lowest BCUT2D eigenvalue weighted by atomic mass is 10.0. The van der Waals surface area contributed by atoms with Crippen LogP contribution in [-0.4, -0.2) is 50.6 Å². The van der Waals surface area contributed by atoms with Gasteiger partial charge in [-0.1, -0.05) is 5.16 Å². The molecule has 0 radical (unpaired) electrons. The molecular weight excluding hydrogens is 342 g/mol. The summed E-state index contributed by atoms with van der Waals surface area (Å²) in [5, 5.41) is 5.94. The van der Waals surface area contributed by atoms with Crippen LogP contribution in [0.25, 0.3) is 4.96 Å². The Hall–Kier alpha value is -2.26. The van der Waals surface area contributed by atoms with Crippen LogP contribution in [0.4, 0.5) is 0 Å². The molecule has 1 saturated heterocycles. The van der Waals surface area contributed by atoms with E-state index in [-0.39, 0.29) is 11.9 Å². The number of aromatic nitrogens is 4. The summed E-state index contributed by atoms with van der Waals surface area (Å²) in [4.78, 5) is 24.5. The van der Waals surface area contributed by atoms with E-state index in [0.717, 1.165) is 24.2 Å². The second kappa shape index (κ2) is 6.93. The van der Waals surface area contributed by atoms with Crippen molar-refractivity contribution >= 4 is 22.2 Å². The van der Waals surface area contributed by atoms with Crippen molar-refractivity contribution in [2.24, 2.45) is 0 Å². The summed E-state index contributed by atoms with van der Waals surface area (Å²) >= 11 is 1.51. The van der Waals surface area contributed by atoms with Crippen LogP contribution in [0, 0.1) is 0 Å². The number of thiazole rings is 1. The number of imidazole rings is 1. The molecule has 4 heterocycles. The second-order valence-electron chi connectivity index (χ2n) is 6.02. The summed E-state index contributed by atoms with van der Waals surface area (Å²) in [5.41, 5.74) is 0.456. The van der Waals surface area contributed by atoms with Gasteiger partial charge in [0.15, 0.2) is 10.8 Å². The Morgan fingerprint density at radius 1 is 1.44 bits per heavy atom. The molecule has 0 saturated carbocycles. The summed E-state index contributed by atoms with van der Waals surface area (Å²) in [7, 11) is 1.64. The minimum atomic E-state index is -0.190. The van der Waals surface area contributed by atoms with Gasteiger partial charge in [0.1, 0.15) is 11.7 Å². The fourth-order valence-corrected chi connectivity index (χ4v) is 3.81. The largest absolute Gasteiger partial charge is 0.384 e. The van der Waals surface area contributed by atoms with Gasteiger partial charge >= 0.3 is 0 Å². The lowest BCUT2D eigenvalue weighted by molar-refractivity contribution is 0.0556. The molecular formula is C16H19N5O3S. The van der Waals surface area contributed by atoms with E-state index in [1.165, 1.54) is 11.3 Å². The highest BCUT2D eigenvalue weighted by Crippen LogP contribution is 2.31. The first-order valence-electron chi connectivity index (χ1n) is 8.31. The highest BCUT2D eigenvalue weighted by atomic mass is 32.1. The molecule has 0 aromatic carbocycles. The molecule has 1 fully saturated rings. The number of carbonyl (C=O) groups excluding carboxylic acids is 1. The van der Waals surface area contributed by atoms with Gasteiger partial charge in [-0.05, 0) is 19.3 Å². The van der Waals surface area contributed by atoms with E-state index in [4.69, 9.17) is 9.26 Å². The summed E-state index contributed by atoms with van der Waals surface area (Å²) in [5.74, 6) is 1.02. The van der Waals surface area contributed by atoms with E-state index in [9.17, 15) is 4.79 Å². The topological polar surface area (TPSA) is 85.8 Å². The van der Waals surface area contributed by atoms with Crippen LogP contribution >= 0.6 is 11.3 Å². The number of rotatable bonds is 5. The number of ether oxygens (including phenoxy) is 1. The molecule has 9 heteroatoms. The molecule has 1 aliphatic rings. The number of piperidine rings is 1. The molecule has 1 amide bonds. The molecule has 1 aliphatic heterocycles. The van der Waals surface area contributed by atoms with Gasteiger partial charge in [0.2, 0.25) is 5.89 Å². The van der Waals surface area contributed by atoms with Gasteiger partial charge in [-0.3, -0.25) is 9.20 Å². The highest BCUT2D eigenvalue weighted by molar-refractivity contribution is 7.15. The molecule has 1 atom stereocenters. The average Bonchev–Trinajstić information content (AvgIpc) is 3.35. The Bertz CT molecular complexity index is 842. The van der Waals surface area contributed by atoms with Crippen molar-refractivity contribution in [2.45, 2.75) is 31.7 Å². The van der Waals surface area contributed by atoms with Gasteiger partial charge in [0.05, 0.1) is 6.61 Å². The monoisotopic (exact) mass is 361 g/mol. The Morgan fingerprint density at radius 3 is 3.20 bits per heavy atom. The Kier molecular flexibility index (Phi) is 4.50. The van der Waals surface area contributed by atoms with Crippen LogP contribution in [0.3, 0.4) is 0 Å². The van der Waals surface area contributed by atoms with Gasteiger partial charge in [0.25, 0.3) is 5.91 Å². The van der Waals surface area contributed by atoms with E-state index in [1.54, 1.807) is 13.3 Å². The predicted octanol–water partition coefficient (Wildman–Crippen LogP) is 2.34. The molecule has 0 bridgehead atoms. The van der Waals surface area contributed by atoms with Crippen molar-refractivity contribution in [1.82, 2.24) is 24.4 Å². The van der Waals surface area contributed by atoms with Crippen molar-refractivity contribution in [3.8, 4) is 0 Å². The second-order valence-corrected chi connectivity index (χ2v) is 6.89. The number of amides is 1. The van der Waals surface area contributed by atoms with Crippen molar-refractivity contribution in [2.75, 3.05) is 20.3 Å². The zero-order valence-corrected chi connectivity index (χ0v) is 14.7. The molecule has 0 aliphatic carbocycles. The van der Waals surface area contributed by atoms with Crippen LogP contribution in [0.15, 0.2) is 22.3 Å². The number of hydrogen-bond donors (Lipinski definition) is 0. The van der Waals surface area contributed by atoms with Gasteiger partial charge in [0, 0.05) is 37.8 Å². The minimum Gasteiger partial charge on any atom is -0.384 e. The van der Waals surface area contributed by atoms with Crippen LogP contribution in [0.5, 0.6) is 0 Å². The van der Waals surface area contributed by atoms with Gasteiger partial charge in [-0.15, -0.1) is 11.3 Å². The van der Waals surface area contributed by atoms with Crippen molar-refractivity contribution < 1.29 is 14.1 Å². The first-order chi connectivity index (χ1) is 12.3. The summed E-state index contributed by atoms with van der Waals surface area (Å²) in [6.45, 7) is 1.21. The summed E-state index contributed by atoms with van der Waals surface area (Å²) < 4.78 is 12.3. The third-order valence-corrected chi connectivity index (χ3v) is 5.15. The molecule has 3 aromatic heterocycles. The van der Waals surface area contributed by atoms with E-state index < -0.39 is 0 Å². The minimum absolute atomic E-state index is 0.0859. The molecule has 1 unspecified atom stereocenters. The molecule has 4 rings (SSSR count). The lowest BCUT2D eigenvalue weighted by Crippen LogP contribution is -2.38. The molecule has 3 aromatic rings. The Morgan fingerprint density at radius 2 is 2.36 bits per heavy atom. The summed E-state index contributed by atoms with van der Waals surface area (Å²) in [6.07, 6.45) is 7.09. The number of methoxy groups -OCH3 is 1. The quantitative estimate of drug-likeness (QED) is 0.693. The predicted molar refractivity (Wildman–Crippen MR) is 90.6 cm³/mol. The van der Waals surface area contributed by atoms with Crippen molar-refractivity contribution in [1.29, 1.82) is 0 Å². The Balaban J connectivity index is 1.56. The number of fused-ring (bicyclic) bond motifs is 1. The highest BCUT2D eigenvalue weighted by Gasteiger charge is 2.33. The number of nitrogens with zero attached hydrogens (tertiary/aromatic N) is 5. The smallest absolute Gasteiger partial charge is 0.274 e. The molecule has 0 spiro atoms. The van der Waals surface area contributed by atoms with Crippen molar-refractivity contribution in [3.63, 3.8) is 0 Å². The SMILES string of the molecule is COCCc1noc(C2CCCCN2C(=O)c2cn3ccsc3n2)n1. The molecule has 25 heavy (non-hydrogen) atoms. The zero-order chi connectivity index (χ0) is 17.2. The standard InChI is InChI=1S/C16H19N5O3S/c1-23-8-5-13-18-14(24-19-13)12-4-2-3-6-21(12)15(22)11-10-20-7-9-25-16(20)17-11/h7,9-10,12H,2-6,8H2,1H3. The normalized spacial score (nSPS) is 18.1. The van der Waals surface area contributed by atoms with Gasteiger partial charge < -0.3 is 14.2 Å². The summed E-state index contributed by atoms with van der Waals surface area (Å²) in [6, 6.07) is -0.190. The van der Waals surface area contributed by atoms with E-state index in [0.29, 0.717) is 37.0 Å². The average molecular weight is 361 g/mol. The van der Waals surface area contributed by atoms with Crippen molar-refractivity contribution in [3.05, 3.63) is 35.2 Å². The lowest BCUT2D eigenvalue weighted by Gasteiger charge is -2.32. The third-order valence-electron chi connectivity index (χ3n) is 4.37. The fourth-order valence-electron chi connectivity index (χ4n) is 3.11. The van der Waals surface area contributed by atoms with E-state index in [2.05, 4.69) is 15.1 Å². The van der Waals surface area contributed by atoms with E-state index in [1.807, 2.05) is 20.9 Å². The first-order valence-corrected chi connectivity index (χ1v) is 9.19. The van der Waals surface area contributed by atoms with Crippen LogP contribution in [-0.2, 0) is 11.2 Å². The number of hydrogen-bond acceptors (Lipinski definition) is 7. The van der Waals surface area contributed by atoms with E-state index >= 15 is 0 Å². The zero-order valence-electron chi connectivity index (χ0n) is 13.9. The number of likely N-dealkylation sites (tertiary alicyclic amines) is 1. The molecule has 8 nitrogen and oxygen atoms in total. The fraction of sp³-hybridized carbons (Fsp3) is 0.500. The van der Waals surface area contributed by atoms with Gasteiger partial charge in [-0.2, -0.15) is 4.98 Å². The maximum atomic E-state index is 13.0. The van der Waals surface area contributed by atoms with Crippen LogP contribution < -0.4 is 0 Å². The molecule has 0 N–H and O–H groups in total. The first kappa shape index (κ1) is 16.2. The number of carbonyl (C=O) groups is 1. The molecule has 132 valence electrons. The maximum Gasteiger partial charge on any atom is 0.274 e. The maximum absolute atomic E-state index is 13.0. The van der Waals surface area contributed by atoms with Gasteiger partial charge in [-0.25, -0.2) is 4.98 Å². The van der Waals surface area contributed by atoms with Crippen LogP contribution in [0.2, 0.25) is 0 Å². The Labute approximate surface area is 148 Å². The third kappa shape index (κ3) is 3.16. The van der Waals surface area contributed by atoms with Crippen LogP contribution in [0.1, 0.15) is 47.5 Å².